The predicted octanol–water partition coefficient (Wildman–Crippen LogP) is 3.31. The molecule has 0 unspecified atom stereocenters. The summed E-state index contributed by atoms with van der Waals surface area (Å²) in [5.41, 5.74) is 2.02. The summed E-state index contributed by atoms with van der Waals surface area (Å²) in [4.78, 5) is 14.0. The zero-order valence-corrected chi connectivity index (χ0v) is 12.6. The standard InChI is InChI=1S/C17H15NO3S/c19-16-15(22-17(20)18-16)10-13-8-4-5-9-14(13)21-11-12-6-2-1-3-7-12/h1-9,19H,10-11H2,(H,18,20). The van der Waals surface area contributed by atoms with Gasteiger partial charge in [0.2, 0.25) is 5.88 Å². The molecule has 0 aliphatic heterocycles. The van der Waals surface area contributed by atoms with E-state index >= 15 is 0 Å². The lowest BCUT2D eigenvalue weighted by Gasteiger charge is -2.11. The summed E-state index contributed by atoms with van der Waals surface area (Å²) >= 11 is 1.02. The molecule has 0 fully saturated rings. The maximum atomic E-state index is 11.3. The van der Waals surface area contributed by atoms with E-state index in [9.17, 15) is 9.90 Å². The van der Waals surface area contributed by atoms with Crippen LogP contribution in [0.4, 0.5) is 0 Å². The first-order chi connectivity index (χ1) is 10.7. The molecule has 4 nitrogen and oxygen atoms in total. The molecule has 1 aromatic heterocycles. The fourth-order valence-corrected chi connectivity index (χ4v) is 2.92. The first-order valence-electron chi connectivity index (χ1n) is 6.88. The summed E-state index contributed by atoms with van der Waals surface area (Å²) < 4.78 is 5.88. The van der Waals surface area contributed by atoms with Crippen molar-refractivity contribution < 1.29 is 9.84 Å². The topological polar surface area (TPSA) is 62.3 Å². The van der Waals surface area contributed by atoms with Gasteiger partial charge in [-0.15, -0.1) is 0 Å². The second-order valence-electron chi connectivity index (χ2n) is 4.85. The van der Waals surface area contributed by atoms with Crippen molar-refractivity contribution in [2.45, 2.75) is 13.0 Å². The third-order valence-corrected chi connectivity index (χ3v) is 4.13. The van der Waals surface area contributed by atoms with Gasteiger partial charge in [0.05, 0.1) is 4.88 Å². The average Bonchev–Trinajstić information content (AvgIpc) is 2.85. The number of H-pyrrole nitrogens is 1. The molecule has 0 aliphatic carbocycles. The molecule has 1 heterocycles. The van der Waals surface area contributed by atoms with E-state index in [2.05, 4.69) is 4.98 Å². The minimum atomic E-state index is -0.254. The number of rotatable bonds is 5. The number of ether oxygens (including phenoxy) is 1. The minimum absolute atomic E-state index is 0.0622. The number of hydrogen-bond acceptors (Lipinski definition) is 4. The Labute approximate surface area is 131 Å². The highest BCUT2D eigenvalue weighted by Gasteiger charge is 2.11. The van der Waals surface area contributed by atoms with E-state index in [0.717, 1.165) is 28.2 Å². The van der Waals surface area contributed by atoms with Crippen LogP contribution < -0.4 is 9.61 Å². The van der Waals surface area contributed by atoms with Crippen LogP contribution in [0.2, 0.25) is 0 Å². The summed E-state index contributed by atoms with van der Waals surface area (Å²) in [5, 5.41) is 9.71. The van der Waals surface area contributed by atoms with Gasteiger partial charge in [0.1, 0.15) is 12.4 Å². The number of thiazole rings is 1. The Morgan fingerprint density at radius 2 is 1.77 bits per heavy atom. The summed E-state index contributed by atoms with van der Waals surface area (Å²) in [5.74, 6) is 0.694. The van der Waals surface area contributed by atoms with Crippen molar-refractivity contribution in [3.8, 4) is 11.6 Å². The molecule has 0 bridgehead atoms. The molecular weight excluding hydrogens is 298 g/mol. The van der Waals surface area contributed by atoms with Gasteiger partial charge in [-0.05, 0) is 17.2 Å². The van der Waals surface area contributed by atoms with Gasteiger partial charge in [0.15, 0.2) is 0 Å². The van der Waals surface area contributed by atoms with E-state index in [-0.39, 0.29) is 10.8 Å². The van der Waals surface area contributed by atoms with E-state index in [0.29, 0.717) is 17.9 Å². The van der Waals surface area contributed by atoms with Gasteiger partial charge in [-0.2, -0.15) is 0 Å². The molecule has 3 aromatic rings. The van der Waals surface area contributed by atoms with Crippen molar-refractivity contribution in [2.24, 2.45) is 0 Å². The number of aromatic amines is 1. The second kappa shape index (κ2) is 6.49. The number of benzene rings is 2. The predicted molar refractivity (Wildman–Crippen MR) is 86.6 cm³/mol. The lowest BCUT2D eigenvalue weighted by atomic mass is 10.1. The molecule has 0 saturated heterocycles. The Morgan fingerprint density at radius 1 is 1.05 bits per heavy atom. The van der Waals surface area contributed by atoms with Gasteiger partial charge in [-0.25, -0.2) is 0 Å². The largest absolute Gasteiger partial charge is 0.494 e. The Balaban J connectivity index is 1.78. The molecule has 3 rings (SSSR count). The average molecular weight is 313 g/mol. The Kier molecular flexibility index (Phi) is 4.25. The molecule has 0 amide bonds. The van der Waals surface area contributed by atoms with E-state index < -0.39 is 0 Å². The molecular formula is C17H15NO3S. The monoisotopic (exact) mass is 313 g/mol. The first kappa shape index (κ1) is 14.4. The normalized spacial score (nSPS) is 10.5. The van der Waals surface area contributed by atoms with Crippen molar-refractivity contribution in [1.82, 2.24) is 4.98 Å². The zero-order valence-electron chi connectivity index (χ0n) is 11.8. The molecule has 0 radical (unpaired) electrons. The lowest BCUT2D eigenvalue weighted by Crippen LogP contribution is -1.98. The van der Waals surface area contributed by atoms with E-state index in [1.807, 2.05) is 54.6 Å². The molecule has 2 aromatic carbocycles. The lowest BCUT2D eigenvalue weighted by molar-refractivity contribution is 0.303. The van der Waals surface area contributed by atoms with Gasteiger partial charge in [-0.3, -0.25) is 9.78 Å². The van der Waals surface area contributed by atoms with Crippen LogP contribution in [0.5, 0.6) is 11.6 Å². The fraction of sp³-hybridized carbons (Fsp3) is 0.118. The molecule has 2 N–H and O–H groups in total. The second-order valence-corrected chi connectivity index (χ2v) is 5.91. The Hall–Kier alpha value is -2.53. The molecule has 5 heteroatoms. The van der Waals surface area contributed by atoms with Crippen LogP contribution in [-0.4, -0.2) is 10.1 Å². The number of aromatic hydroxyl groups is 1. The van der Waals surface area contributed by atoms with Gasteiger partial charge in [0.25, 0.3) is 0 Å². The summed E-state index contributed by atoms with van der Waals surface area (Å²) in [6.45, 7) is 0.479. The Morgan fingerprint density at radius 3 is 2.50 bits per heavy atom. The van der Waals surface area contributed by atoms with E-state index in [1.165, 1.54) is 0 Å². The molecule has 0 atom stereocenters. The fourth-order valence-electron chi connectivity index (χ4n) is 2.17. The third kappa shape index (κ3) is 3.38. The maximum Gasteiger partial charge on any atom is 0.307 e. The molecule has 0 spiro atoms. The van der Waals surface area contributed by atoms with Crippen LogP contribution in [0, 0.1) is 0 Å². The molecule has 22 heavy (non-hydrogen) atoms. The highest BCUT2D eigenvalue weighted by atomic mass is 32.1. The number of hydrogen-bond donors (Lipinski definition) is 2. The van der Waals surface area contributed by atoms with Crippen LogP contribution in [0.15, 0.2) is 59.4 Å². The highest BCUT2D eigenvalue weighted by Crippen LogP contribution is 2.26. The van der Waals surface area contributed by atoms with Crippen molar-refractivity contribution in [3.05, 3.63) is 80.3 Å². The number of nitrogens with one attached hydrogen (secondary N) is 1. The molecule has 112 valence electrons. The van der Waals surface area contributed by atoms with Crippen LogP contribution >= 0.6 is 11.3 Å². The van der Waals surface area contributed by atoms with Crippen molar-refractivity contribution in [3.63, 3.8) is 0 Å². The van der Waals surface area contributed by atoms with Gasteiger partial charge in [-0.1, -0.05) is 59.9 Å². The first-order valence-corrected chi connectivity index (χ1v) is 7.69. The van der Waals surface area contributed by atoms with Crippen molar-refractivity contribution in [1.29, 1.82) is 0 Å². The quantitative estimate of drug-likeness (QED) is 0.759. The van der Waals surface area contributed by atoms with Gasteiger partial charge >= 0.3 is 4.87 Å². The smallest absolute Gasteiger partial charge is 0.307 e. The summed E-state index contributed by atoms with van der Waals surface area (Å²) in [6, 6.07) is 17.6. The van der Waals surface area contributed by atoms with Crippen LogP contribution in [0.1, 0.15) is 16.0 Å². The maximum absolute atomic E-state index is 11.3. The van der Waals surface area contributed by atoms with E-state index in [4.69, 9.17) is 4.74 Å². The van der Waals surface area contributed by atoms with Crippen LogP contribution in [-0.2, 0) is 13.0 Å². The van der Waals surface area contributed by atoms with Crippen molar-refractivity contribution in [2.75, 3.05) is 0 Å². The van der Waals surface area contributed by atoms with Gasteiger partial charge < -0.3 is 9.84 Å². The summed E-state index contributed by atoms with van der Waals surface area (Å²) in [6.07, 6.45) is 0.459. The summed E-state index contributed by atoms with van der Waals surface area (Å²) in [7, 11) is 0. The SMILES string of the molecule is O=c1[nH]c(O)c(Cc2ccccc2OCc2ccccc2)s1. The molecule has 0 saturated carbocycles. The van der Waals surface area contributed by atoms with E-state index in [1.54, 1.807) is 0 Å². The number of aromatic nitrogens is 1. The van der Waals surface area contributed by atoms with Crippen LogP contribution in [0.3, 0.4) is 0 Å². The van der Waals surface area contributed by atoms with Crippen molar-refractivity contribution >= 4 is 11.3 Å². The number of para-hydroxylation sites is 1. The van der Waals surface area contributed by atoms with Crippen LogP contribution in [0.25, 0.3) is 0 Å². The molecule has 0 aliphatic rings. The minimum Gasteiger partial charge on any atom is -0.494 e. The highest BCUT2D eigenvalue weighted by molar-refractivity contribution is 7.09. The van der Waals surface area contributed by atoms with Gasteiger partial charge in [0, 0.05) is 6.42 Å². The third-order valence-electron chi connectivity index (χ3n) is 3.26. The Bertz CT molecular complexity index is 808. The zero-order chi connectivity index (χ0) is 15.4.